The van der Waals surface area contributed by atoms with Crippen molar-refractivity contribution in [3.05, 3.63) is 76.5 Å². The Labute approximate surface area is 180 Å². The van der Waals surface area contributed by atoms with E-state index in [1.807, 2.05) is 18.2 Å². The molecule has 1 atom stereocenters. The summed E-state index contributed by atoms with van der Waals surface area (Å²) in [5, 5.41) is 4.52. The summed E-state index contributed by atoms with van der Waals surface area (Å²) in [5.41, 5.74) is 3.25. The normalized spacial score (nSPS) is 12.5. The minimum Gasteiger partial charge on any atom is -0.457 e. The molecular weight excluding hydrogens is 426 g/mol. The van der Waals surface area contributed by atoms with Crippen LogP contribution in [0, 0.1) is 0 Å². The molecule has 3 aromatic rings. The van der Waals surface area contributed by atoms with Crippen LogP contribution in [0.1, 0.15) is 36.6 Å². The predicted octanol–water partition coefficient (Wildman–Crippen LogP) is 4.78. The molecule has 6 nitrogen and oxygen atoms in total. The monoisotopic (exact) mass is 447 g/mol. The first kappa shape index (κ1) is 22.1. The van der Waals surface area contributed by atoms with Crippen LogP contribution in [-0.4, -0.2) is 25.3 Å². The number of benzene rings is 2. The van der Waals surface area contributed by atoms with Crippen LogP contribution in [0.4, 0.5) is 0 Å². The number of esters is 1. The van der Waals surface area contributed by atoms with Crippen molar-refractivity contribution in [2.24, 2.45) is 0 Å². The van der Waals surface area contributed by atoms with Gasteiger partial charge in [0.1, 0.15) is 18.1 Å². The number of carbonyl (C=O) groups excluding carboxylic acids is 1. The highest BCUT2D eigenvalue weighted by atomic mass is 35.5. The van der Waals surface area contributed by atoms with Gasteiger partial charge in [0.15, 0.2) is 9.84 Å². The van der Waals surface area contributed by atoms with Crippen LogP contribution in [0.5, 0.6) is 0 Å². The van der Waals surface area contributed by atoms with Crippen molar-refractivity contribution in [1.29, 1.82) is 0 Å². The first-order chi connectivity index (χ1) is 14.3. The van der Waals surface area contributed by atoms with Gasteiger partial charge in [-0.3, -0.25) is 4.79 Å². The van der Waals surface area contributed by atoms with Gasteiger partial charge < -0.3 is 9.26 Å². The lowest BCUT2D eigenvalue weighted by molar-refractivity contribution is -0.147. The quantitative estimate of drug-likeness (QED) is 0.462. The topological polar surface area (TPSA) is 86.5 Å². The zero-order valence-electron chi connectivity index (χ0n) is 16.7. The van der Waals surface area contributed by atoms with E-state index in [1.54, 1.807) is 44.2 Å². The molecule has 1 heterocycles. The van der Waals surface area contributed by atoms with Crippen LogP contribution in [0.25, 0.3) is 11.3 Å². The number of halogens is 1. The maximum absolute atomic E-state index is 12.4. The summed E-state index contributed by atoms with van der Waals surface area (Å²) in [6.07, 6.45) is 0.903. The van der Waals surface area contributed by atoms with Crippen molar-refractivity contribution in [1.82, 2.24) is 5.16 Å². The predicted molar refractivity (Wildman–Crippen MR) is 115 cm³/mol. The molecule has 0 fully saturated rings. The van der Waals surface area contributed by atoms with Crippen LogP contribution in [0.15, 0.2) is 59.3 Å². The maximum atomic E-state index is 12.4. The lowest BCUT2D eigenvalue weighted by Gasteiger charge is -2.14. The Kier molecular flexibility index (Phi) is 6.95. The van der Waals surface area contributed by atoms with Crippen molar-refractivity contribution in [3.8, 4) is 11.3 Å². The van der Waals surface area contributed by atoms with E-state index in [2.05, 4.69) is 5.16 Å². The van der Waals surface area contributed by atoms with E-state index in [1.165, 1.54) is 6.26 Å². The van der Waals surface area contributed by atoms with E-state index in [9.17, 15) is 13.2 Å². The van der Waals surface area contributed by atoms with Gasteiger partial charge in [-0.2, -0.15) is 0 Å². The second-order valence-corrected chi connectivity index (χ2v) is 9.65. The zero-order valence-corrected chi connectivity index (χ0v) is 18.2. The number of ether oxygens (including phenoxy) is 1. The number of aromatic nitrogens is 1. The largest absolute Gasteiger partial charge is 0.457 e. The van der Waals surface area contributed by atoms with Crippen LogP contribution < -0.4 is 0 Å². The molecular formula is C22H22ClNO5S. The van der Waals surface area contributed by atoms with Crippen LogP contribution >= 0.6 is 11.6 Å². The molecule has 1 aromatic heterocycles. The van der Waals surface area contributed by atoms with Crippen LogP contribution in [0.2, 0.25) is 5.02 Å². The Morgan fingerprint density at radius 1 is 1.17 bits per heavy atom. The van der Waals surface area contributed by atoms with E-state index >= 15 is 0 Å². The Balaban J connectivity index is 1.69. The summed E-state index contributed by atoms with van der Waals surface area (Å²) in [4.78, 5) is 12.4. The molecule has 0 bridgehead atoms. The highest BCUT2D eigenvalue weighted by molar-refractivity contribution is 7.90. The third-order valence-corrected chi connectivity index (χ3v) is 6.68. The van der Waals surface area contributed by atoms with Crippen LogP contribution in [0.3, 0.4) is 0 Å². The van der Waals surface area contributed by atoms with Crippen molar-refractivity contribution in [2.75, 3.05) is 5.75 Å². The first-order valence-corrected chi connectivity index (χ1v) is 11.7. The molecule has 158 valence electrons. The molecule has 0 amide bonds. The maximum Gasteiger partial charge on any atom is 0.311 e. The number of hydrogen-bond donors (Lipinski definition) is 0. The molecule has 3 rings (SSSR count). The van der Waals surface area contributed by atoms with Gasteiger partial charge in [-0.1, -0.05) is 66.1 Å². The van der Waals surface area contributed by atoms with Crippen molar-refractivity contribution < 1.29 is 22.5 Å². The number of rotatable bonds is 8. The minimum absolute atomic E-state index is 0.0122. The zero-order chi connectivity index (χ0) is 21.7. The van der Waals surface area contributed by atoms with Gasteiger partial charge in [0.05, 0.1) is 12.2 Å². The lowest BCUT2D eigenvalue weighted by Crippen LogP contribution is -2.12. The van der Waals surface area contributed by atoms with Gasteiger partial charge >= 0.3 is 5.97 Å². The van der Waals surface area contributed by atoms with E-state index in [0.29, 0.717) is 21.8 Å². The van der Waals surface area contributed by atoms with E-state index in [0.717, 1.165) is 11.1 Å². The highest BCUT2D eigenvalue weighted by Gasteiger charge is 2.19. The Bertz CT molecular complexity index is 1120. The van der Waals surface area contributed by atoms with Crippen molar-refractivity contribution >= 4 is 27.4 Å². The minimum atomic E-state index is -3.11. The summed E-state index contributed by atoms with van der Waals surface area (Å²) < 4.78 is 34.1. The van der Waals surface area contributed by atoms with Gasteiger partial charge in [-0.05, 0) is 18.6 Å². The average Bonchev–Trinajstić information content (AvgIpc) is 3.16. The summed E-state index contributed by atoms with van der Waals surface area (Å²) in [5.74, 6) is -0.351. The molecule has 0 N–H and O–H groups in total. The van der Waals surface area contributed by atoms with Crippen LogP contribution in [-0.2, 0) is 31.5 Å². The Morgan fingerprint density at radius 3 is 2.53 bits per heavy atom. The Morgan fingerprint density at radius 2 is 1.87 bits per heavy atom. The summed E-state index contributed by atoms with van der Waals surface area (Å²) in [7, 11) is -3.11. The fraction of sp³-hybridized carbons (Fsp3) is 0.273. The van der Waals surface area contributed by atoms with E-state index in [4.69, 9.17) is 20.9 Å². The fourth-order valence-corrected chi connectivity index (χ4v) is 4.19. The molecule has 0 aliphatic rings. The summed E-state index contributed by atoms with van der Waals surface area (Å²) >= 11 is 6.16. The molecule has 2 aromatic carbocycles. The SMILES string of the molecule is CCS(=O)(=O)Cc1ccc(-c2nocc2CC(=O)OC(C)c2ccccc2Cl)cc1. The smallest absolute Gasteiger partial charge is 0.311 e. The fourth-order valence-electron chi connectivity index (χ4n) is 3.00. The number of carbonyl (C=O) groups is 1. The molecule has 8 heteroatoms. The number of nitrogens with zero attached hydrogens (tertiary/aromatic N) is 1. The van der Waals surface area contributed by atoms with E-state index in [-0.39, 0.29) is 17.9 Å². The first-order valence-electron chi connectivity index (χ1n) is 9.46. The van der Waals surface area contributed by atoms with Gasteiger partial charge in [0.2, 0.25) is 0 Å². The van der Waals surface area contributed by atoms with Crippen molar-refractivity contribution in [3.63, 3.8) is 0 Å². The number of sulfone groups is 1. The van der Waals surface area contributed by atoms with Gasteiger partial charge in [-0.15, -0.1) is 0 Å². The molecule has 0 aliphatic heterocycles. The molecule has 0 saturated heterocycles. The Hall–Kier alpha value is -2.64. The molecule has 0 spiro atoms. The third kappa shape index (κ3) is 5.49. The molecule has 0 saturated carbocycles. The summed E-state index contributed by atoms with van der Waals surface area (Å²) in [6, 6.07) is 14.2. The van der Waals surface area contributed by atoms with Crippen molar-refractivity contribution in [2.45, 2.75) is 32.1 Å². The second-order valence-electron chi connectivity index (χ2n) is 6.89. The summed E-state index contributed by atoms with van der Waals surface area (Å²) in [6.45, 7) is 3.38. The standard InChI is InChI=1S/C22H22ClNO5S/c1-3-30(26,27)14-16-8-10-17(11-9-16)22-18(13-28-24-22)12-21(25)29-15(2)19-6-4-5-7-20(19)23/h4-11,13,15H,3,12,14H2,1-2H3. The van der Waals surface area contributed by atoms with Gasteiger partial charge in [0.25, 0.3) is 0 Å². The number of hydrogen-bond acceptors (Lipinski definition) is 6. The second kappa shape index (κ2) is 9.45. The van der Waals surface area contributed by atoms with Gasteiger partial charge in [-0.25, -0.2) is 8.42 Å². The van der Waals surface area contributed by atoms with Gasteiger partial charge in [0, 0.05) is 27.5 Å². The highest BCUT2D eigenvalue weighted by Crippen LogP contribution is 2.27. The lowest BCUT2D eigenvalue weighted by atomic mass is 10.0. The molecule has 1 unspecified atom stereocenters. The average molecular weight is 448 g/mol. The molecule has 0 aliphatic carbocycles. The molecule has 0 radical (unpaired) electrons. The third-order valence-electron chi connectivity index (χ3n) is 4.68. The molecule has 30 heavy (non-hydrogen) atoms. The van der Waals surface area contributed by atoms with E-state index < -0.39 is 21.9 Å².